The summed E-state index contributed by atoms with van der Waals surface area (Å²) in [5.41, 5.74) is 5.91. The van der Waals surface area contributed by atoms with Crippen molar-refractivity contribution < 1.29 is 4.42 Å². The molecule has 3 nitrogen and oxygen atoms in total. The van der Waals surface area contributed by atoms with Gasteiger partial charge in [-0.05, 0) is 45.4 Å². The third-order valence-corrected chi connectivity index (χ3v) is 3.57. The molecule has 2 N–H and O–H groups in total. The number of piperidine rings is 1. The van der Waals surface area contributed by atoms with Crippen molar-refractivity contribution in [2.24, 2.45) is 5.73 Å². The third kappa shape index (κ3) is 2.30. The van der Waals surface area contributed by atoms with Gasteiger partial charge >= 0.3 is 0 Å². The first-order valence-corrected chi connectivity index (χ1v) is 6.24. The van der Waals surface area contributed by atoms with E-state index in [2.05, 4.69) is 17.9 Å². The highest BCUT2D eigenvalue weighted by molar-refractivity contribution is 5.11. The number of hydrogen-bond acceptors (Lipinski definition) is 3. The normalized spacial score (nSPS) is 24.6. The molecule has 1 aromatic heterocycles. The molecular weight excluding hydrogens is 200 g/mol. The van der Waals surface area contributed by atoms with E-state index in [1.54, 1.807) is 0 Å². The van der Waals surface area contributed by atoms with E-state index in [1.807, 2.05) is 13.0 Å². The number of hydrogen-bond donors (Lipinski definition) is 1. The Morgan fingerprint density at radius 1 is 1.50 bits per heavy atom. The lowest BCUT2D eigenvalue weighted by Gasteiger charge is -2.38. The highest BCUT2D eigenvalue weighted by Crippen LogP contribution is 2.28. The van der Waals surface area contributed by atoms with Gasteiger partial charge in [-0.25, -0.2) is 0 Å². The lowest BCUT2D eigenvalue weighted by atomic mass is 10.00. The van der Waals surface area contributed by atoms with Crippen molar-refractivity contribution in [1.29, 1.82) is 0 Å². The van der Waals surface area contributed by atoms with Crippen LogP contribution in [0.25, 0.3) is 0 Å². The van der Waals surface area contributed by atoms with Crippen LogP contribution in [0.4, 0.5) is 0 Å². The van der Waals surface area contributed by atoms with E-state index in [-0.39, 0.29) is 6.04 Å². The molecule has 0 aromatic carbocycles. The van der Waals surface area contributed by atoms with Crippen molar-refractivity contribution in [2.45, 2.75) is 45.2 Å². The van der Waals surface area contributed by atoms with E-state index >= 15 is 0 Å². The molecule has 90 valence electrons. The van der Waals surface area contributed by atoms with Crippen LogP contribution in [0.2, 0.25) is 0 Å². The van der Waals surface area contributed by atoms with Gasteiger partial charge in [0.15, 0.2) is 0 Å². The van der Waals surface area contributed by atoms with E-state index < -0.39 is 0 Å². The fraction of sp³-hybridized carbons (Fsp3) is 0.692. The average molecular weight is 222 g/mol. The molecule has 0 radical (unpaired) electrons. The fourth-order valence-corrected chi connectivity index (χ4v) is 2.63. The summed E-state index contributed by atoms with van der Waals surface area (Å²) in [6.07, 6.45) is 3.89. The summed E-state index contributed by atoms with van der Waals surface area (Å²) in [5, 5.41) is 0. The molecule has 1 saturated heterocycles. The average Bonchev–Trinajstić information content (AvgIpc) is 2.69. The molecule has 2 heterocycles. The first kappa shape index (κ1) is 11.7. The Kier molecular flexibility index (Phi) is 3.66. The van der Waals surface area contributed by atoms with Gasteiger partial charge in [-0.1, -0.05) is 6.42 Å². The first-order valence-electron chi connectivity index (χ1n) is 6.24. The van der Waals surface area contributed by atoms with Crippen molar-refractivity contribution in [1.82, 2.24) is 4.90 Å². The number of aryl methyl sites for hydroxylation is 1. The third-order valence-electron chi connectivity index (χ3n) is 3.57. The molecule has 1 aromatic rings. The molecule has 2 atom stereocenters. The number of likely N-dealkylation sites (tertiary alicyclic amines) is 1. The fourth-order valence-electron chi connectivity index (χ4n) is 2.63. The smallest absolute Gasteiger partial charge is 0.122 e. The lowest BCUT2D eigenvalue weighted by Crippen LogP contribution is -2.42. The Balaban J connectivity index is 2.14. The van der Waals surface area contributed by atoms with Gasteiger partial charge in [0.2, 0.25) is 0 Å². The van der Waals surface area contributed by atoms with Gasteiger partial charge < -0.3 is 10.2 Å². The highest BCUT2D eigenvalue weighted by Gasteiger charge is 2.27. The summed E-state index contributed by atoms with van der Waals surface area (Å²) < 4.78 is 5.72. The maximum Gasteiger partial charge on any atom is 0.122 e. The predicted octanol–water partition coefficient (Wildman–Crippen LogP) is 2.46. The van der Waals surface area contributed by atoms with Crippen molar-refractivity contribution in [3.63, 3.8) is 0 Å². The summed E-state index contributed by atoms with van der Waals surface area (Å²) in [5.74, 6) is 1.99. The number of nitrogens with two attached hydrogens (primary N) is 1. The summed E-state index contributed by atoms with van der Waals surface area (Å²) in [6, 6.07) is 4.96. The predicted molar refractivity (Wildman–Crippen MR) is 65.3 cm³/mol. The van der Waals surface area contributed by atoms with E-state index in [9.17, 15) is 0 Å². The van der Waals surface area contributed by atoms with Crippen LogP contribution in [0.5, 0.6) is 0 Å². The molecule has 0 aliphatic carbocycles. The molecule has 2 unspecified atom stereocenters. The van der Waals surface area contributed by atoms with Crippen molar-refractivity contribution in [3.05, 3.63) is 23.7 Å². The van der Waals surface area contributed by atoms with Crippen LogP contribution >= 0.6 is 0 Å². The highest BCUT2D eigenvalue weighted by atomic mass is 16.3. The molecule has 1 fully saturated rings. The minimum absolute atomic E-state index is 0.254. The zero-order valence-electron chi connectivity index (χ0n) is 10.3. The molecule has 2 rings (SSSR count). The van der Waals surface area contributed by atoms with Crippen molar-refractivity contribution >= 4 is 0 Å². The van der Waals surface area contributed by atoms with Gasteiger partial charge in [0.25, 0.3) is 0 Å². The van der Waals surface area contributed by atoms with E-state index in [1.165, 1.54) is 19.3 Å². The summed E-state index contributed by atoms with van der Waals surface area (Å²) in [7, 11) is 0. The Labute approximate surface area is 97.6 Å². The van der Waals surface area contributed by atoms with Crippen LogP contribution in [-0.2, 0) is 0 Å². The molecule has 0 saturated carbocycles. The lowest BCUT2D eigenvalue weighted by molar-refractivity contribution is 0.0954. The molecular formula is C13H22N2O. The Morgan fingerprint density at radius 3 is 2.88 bits per heavy atom. The second-order valence-corrected chi connectivity index (χ2v) is 4.78. The topological polar surface area (TPSA) is 42.4 Å². The molecule has 1 aliphatic heterocycles. The van der Waals surface area contributed by atoms with Gasteiger partial charge in [0, 0.05) is 12.6 Å². The summed E-state index contributed by atoms with van der Waals surface area (Å²) in [4.78, 5) is 2.49. The molecule has 1 aliphatic rings. The number of furan rings is 1. The van der Waals surface area contributed by atoms with Crippen LogP contribution in [0.1, 0.15) is 43.7 Å². The standard InChI is InChI=1S/C13H22N2O/c1-10-5-3-4-8-15(10)12(9-14)13-7-6-11(2)16-13/h6-7,10,12H,3-5,8-9,14H2,1-2H3. The Bertz CT molecular complexity index is 334. The van der Waals surface area contributed by atoms with Crippen LogP contribution in [-0.4, -0.2) is 24.0 Å². The van der Waals surface area contributed by atoms with E-state index in [4.69, 9.17) is 10.2 Å². The van der Waals surface area contributed by atoms with E-state index in [0.29, 0.717) is 12.6 Å². The zero-order valence-corrected chi connectivity index (χ0v) is 10.3. The summed E-state index contributed by atoms with van der Waals surface area (Å²) in [6.45, 7) is 6.05. The van der Waals surface area contributed by atoms with Crippen LogP contribution in [0.3, 0.4) is 0 Å². The molecule has 0 spiro atoms. The monoisotopic (exact) mass is 222 g/mol. The Morgan fingerprint density at radius 2 is 2.31 bits per heavy atom. The SMILES string of the molecule is Cc1ccc(C(CN)N2CCCCC2C)o1. The maximum absolute atomic E-state index is 5.91. The van der Waals surface area contributed by atoms with Gasteiger partial charge in [0.05, 0.1) is 6.04 Å². The summed E-state index contributed by atoms with van der Waals surface area (Å²) >= 11 is 0. The minimum Gasteiger partial charge on any atom is -0.465 e. The molecule has 16 heavy (non-hydrogen) atoms. The van der Waals surface area contributed by atoms with Crippen LogP contribution in [0.15, 0.2) is 16.5 Å². The molecule has 0 bridgehead atoms. The van der Waals surface area contributed by atoms with Crippen molar-refractivity contribution in [2.75, 3.05) is 13.1 Å². The largest absolute Gasteiger partial charge is 0.465 e. The van der Waals surface area contributed by atoms with Crippen molar-refractivity contribution in [3.8, 4) is 0 Å². The van der Waals surface area contributed by atoms with Crippen LogP contribution in [0, 0.1) is 6.92 Å². The number of rotatable bonds is 3. The molecule has 3 heteroatoms. The number of nitrogens with zero attached hydrogens (tertiary/aromatic N) is 1. The van der Waals surface area contributed by atoms with Gasteiger partial charge in [-0.3, -0.25) is 4.90 Å². The molecule has 0 amide bonds. The van der Waals surface area contributed by atoms with E-state index in [0.717, 1.165) is 18.1 Å². The minimum atomic E-state index is 0.254. The second-order valence-electron chi connectivity index (χ2n) is 4.78. The van der Waals surface area contributed by atoms with Crippen LogP contribution < -0.4 is 5.73 Å². The zero-order chi connectivity index (χ0) is 11.5. The first-order chi connectivity index (χ1) is 7.72. The maximum atomic E-state index is 5.91. The van der Waals surface area contributed by atoms with Gasteiger partial charge in [-0.2, -0.15) is 0 Å². The van der Waals surface area contributed by atoms with Gasteiger partial charge in [0.1, 0.15) is 11.5 Å². The van der Waals surface area contributed by atoms with Gasteiger partial charge in [-0.15, -0.1) is 0 Å². The quantitative estimate of drug-likeness (QED) is 0.854. The Hall–Kier alpha value is -0.800. The second kappa shape index (κ2) is 5.02.